The average Bonchev–Trinajstić information content (AvgIpc) is 2.92. The lowest BCUT2D eigenvalue weighted by molar-refractivity contribution is -0.115. The Balaban J connectivity index is 2.05. The maximum Gasteiger partial charge on any atom is 0.237 e. The molecule has 0 aromatic heterocycles. The Bertz CT molecular complexity index is 525. The summed E-state index contributed by atoms with van der Waals surface area (Å²) in [6.45, 7) is 2.34. The van der Waals surface area contributed by atoms with E-state index in [1.165, 1.54) is 0 Å². The van der Waals surface area contributed by atoms with Gasteiger partial charge in [-0.05, 0) is 49.3 Å². The van der Waals surface area contributed by atoms with E-state index in [1.807, 2.05) is 25.1 Å². The predicted molar refractivity (Wildman–Crippen MR) is 81.2 cm³/mol. The number of thioether (sulfide) groups is 1. The van der Waals surface area contributed by atoms with Crippen LogP contribution in [-0.2, 0) is 4.79 Å². The summed E-state index contributed by atoms with van der Waals surface area (Å²) in [6.07, 6.45) is 2.12. The molecule has 1 unspecified atom stereocenters. The molecule has 3 N–H and O–H groups in total. The quantitative estimate of drug-likeness (QED) is 0.812. The topological polar surface area (TPSA) is 55.1 Å². The van der Waals surface area contributed by atoms with E-state index in [4.69, 9.17) is 5.73 Å². The Labute approximate surface area is 118 Å². The van der Waals surface area contributed by atoms with Crippen LogP contribution in [-0.4, -0.2) is 23.5 Å². The number of hydrogen-bond donors (Lipinski definition) is 2. The third-order valence-electron chi connectivity index (χ3n) is 3.04. The van der Waals surface area contributed by atoms with E-state index in [-0.39, 0.29) is 11.2 Å². The summed E-state index contributed by atoms with van der Waals surface area (Å²) < 4.78 is 0. The number of anilines is 1. The van der Waals surface area contributed by atoms with E-state index < -0.39 is 0 Å². The zero-order chi connectivity index (χ0) is 13.7. The number of carbonyl (C=O) groups is 1. The number of hydrogen-bond acceptors (Lipinski definition) is 3. The first kappa shape index (κ1) is 14.0. The van der Waals surface area contributed by atoms with Crippen LogP contribution in [0, 0.1) is 18.8 Å². The highest BCUT2D eigenvalue weighted by molar-refractivity contribution is 8.00. The van der Waals surface area contributed by atoms with Crippen LogP contribution in [0.3, 0.4) is 0 Å². The zero-order valence-corrected chi connectivity index (χ0v) is 11.8. The molecule has 1 aromatic carbocycles. The van der Waals surface area contributed by atoms with Crippen molar-refractivity contribution in [3.63, 3.8) is 0 Å². The predicted octanol–water partition coefficient (Wildman–Crippen LogP) is 2.14. The van der Waals surface area contributed by atoms with Gasteiger partial charge in [0.2, 0.25) is 5.91 Å². The molecule has 4 heteroatoms. The van der Waals surface area contributed by atoms with Crippen LogP contribution >= 0.6 is 11.8 Å². The first-order valence-electron chi connectivity index (χ1n) is 6.43. The minimum atomic E-state index is 0.108. The number of nitrogens with one attached hydrogen (secondary N) is 1. The van der Waals surface area contributed by atoms with Gasteiger partial charge < -0.3 is 11.1 Å². The monoisotopic (exact) mass is 274 g/mol. The van der Waals surface area contributed by atoms with Crippen molar-refractivity contribution in [1.29, 1.82) is 0 Å². The number of nitrogens with two attached hydrogens (primary N) is 1. The molecule has 1 atom stereocenters. The average molecular weight is 274 g/mol. The Morgan fingerprint density at radius 3 is 3.05 bits per heavy atom. The van der Waals surface area contributed by atoms with Gasteiger partial charge in [0.25, 0.3) is 0 Å². The number of carbonyl (C=O) groups excluding carboxylic acids is 1. The van der Waals surface area contributed by atoms with Crippen molar-refractivity contribution in [2.24, 2.45) is 5.73 Å². The second-order valence-corrected chi connectivity index (χ2v) is 5.84. The fourth-order valence-electron chi connectivity index (χ4n) is 2.04. The van der Waals surface area contributed by atoms with Gasteiger partial charge in [-0.3, -0.25) is 4.79 Å². The molecule has 1 saturated heterocycles. The standard InChI is InChI=1S/C15H18N2OS/c1-11-10-13(7-6-12(11)4-2-8-16)17-15(18)14-5-3-9-19-14/h6-7,10,14H,3,5,8-9,16H2,1H3,(H,17,18). The molecule has 1 aliphatic heterocycles. The highest BCUT2D eigenvalue weighted by Crippen LogP contribution is 2.27. The molecular formula is C15H18N2OS. The van der Waals surface area contributed by atoms with E-state index in [1.54, 1.807) is 11.8 Å². The van der Waals surface area contributed by atoms with E-state index in [2.05, 4.69) is 17.2 Å². The van der Waals surface area contributed by atoms with Gasteiger partial charge in [0.05, 0.1) is 11.8 Å². The lowest BCUT2D eigenvalue weighted by Crippen LogP contribution is -2.22. The first-order chi connectivity index (χ1) is 9.20. The van der Waals surface area contributed by atoms with Crippen molar-refractivity contribution in [2.45, 2.75) is 25.0 Å². The van der Waals surface area contributed by atoms with E-state index >= 15 is 0 Å². The van der Waals surface area contributed by atoms with Crippen LogP contribution in [0.15, 0.2) is 18.2 Å². The zero-order valence-electron chi connectivity index (χ0n) is 11.0. The molecule has 19 heavy (non-hydrogen) atoms. The van der Waals surface area contributed by atoms with Crippen molar-refractivity contribution in [1.82, 2.24) is 0 Å². The smallest absolute Gasteiger partial charge is 0.237 e. The van der Waals surface area contributed by atoms with Crippen LogP contribution < -0.4 is 11.1 Å². The highest BCUT2D eigenvalue weighted by atomic mass is 32.2. The molecule has 2 rings (SSSR count). The Morgan fingerprint density at radius 1 is 1.58 bits per heavy atom. The van der Waals surface area contributed by atoms with E-state index in [9.17, 15) is 4.79 Å². The van der Waals surface area contributed by atoms with Crippen LogP contribution in [0.25, 0.3) is 0 Å². The van der Waals surface area contributed by atoms with E-state index in [0.717, 1.165) is 35.4 Å². The van der Waals surface area contributed by atoms with Gasteiger partial charge in [0.15, 0.2) is 0 Å². The maximum absolute atomic E-state index is 12.0. The Morgan fingerprint density at radius 2 is 2.42 bits per heavy atom. The van der Waals surface area contributed by atoms with Crippen molar-refractivity contribution in [3.8, 4) is 11.8 Å². The van der Waals surface area contributed by atoms with Gasteiger partial charge in [-0.25, -0.2) is 0 Å². The van der Waals surface area contributed by atoms with Crippen molar-refractivity contribution < 1.29 is 4.79 Å². The summed E-state index contributed by atoms with van der Waals surface area (Å²) in [6, 6.07) is 5.78. The SMILES string of the molecule is Cc1cc(NC(=O)C2CCCS2)ccc1C#CCN. The lowest BCUT2D eigenvalue weighted by Gasteiger charge is -2.11. The minimum absolute atomic E-state index is 0.108. The summed E-state index contributed by atoms with van der Waals surface area (Å²) in [4.78, 5) is 12.0. The van der Waals surface area contributed by atoms with Crippen molar-refractivity contribution in [2.75, 3.05) is 17.6 Å². The molecule has 3 nitrogen and oxygen atoms in total. The van der Waals surface area contributed by atoms with E-state index in [0.29, 0.717) is 6.54 Å². The lowest BCUT2D eigenvalue weighted by atomic mass is 10.1. The molecule has 1 heterocycles. The molecule has 0 bridgehead atoms. The fourth-order valence-corrected chi connectivity index (χ4v) is 3.20. The third-order valence-corrected chi connectivity index (χ3v) is 4.42. The highest BCUT2D eigenvalue weighted by Gasteiger charge is 2.23. The first-order valence-corrected chi connectivity index (χ1v) is 7.47. The molecule has 1 aliphatic rings. The molecule has 1 aromatic rings. The van der Waals surface area contributed by atoms with Crippen LogP contribution in [0.5, 0.6) is 0 Å². The third kappa shape index (κ3) is 3.76. The second kappa shape index (κ2) is 6.65. The number of rotatable bonds is 2. The van der Waals surface area contributed by atoms with Gasteiger partial charge in [0, 0.05) is 11.3 Å². The Kier molecular flexibility index (Phi) is 4.89. The minimum Gasteiger partial charge on any atom is -0.325 e. The summed E-state index contributed by atoms with van der Waals surface area (Å²) >= 11 is 1.74. The van der Waals surface area contributed by atoms with Crippen LogP contribution in [0.4, 0.5) is 5.69 Å². The van der Waals surface area contributed by atoms with Gasteiger partial charge >= 0.3 is 0 Å². The van der Waals surface area contributed by atoms with Gasteiger partial charge in [0.1, 0.15) is 0 Å². The maximum atomic E-state index is 12.0. The fraction of sp³-hybridized carbons (Fsp3) is 0.400. The molecule has 0 radical (unpaired) electrons. The number of amides is 1. The molecule has 0 spiro atoms. The second-order valence-electron chi connectivity index (χ2n) is 4.53. The van der Waals surface area contributed by atoms with Crippen LogP contribution in [0.1, 0.15) is 24.0 Å². The normalized spacial score (nSPS) is 17.7. The summed E-state index contributed by atoms with van der Waals surface area (Å²) in [7, 11) is 0. The number of aryl methyl sites for hydroxylation is 1. The largest absolute Gasteiger partial charge is 0.325 e. The van der Waals surface area contributed by atoms with Gasteiger partial charge in [-0.1, -0.05) is 11.8 Å². The van der Waals surface area contributed by atoms with Crippen molar-refractivity contribution >= 4 is 23.4 Å². The molecular weight excluding hydrogens is 256 g/mol. The molecule has 1 fully saturated rings. The summed E-state index contributed by atoms with van der Waals surface area (Å²) in [5.41, 5.74) is 8.21. The molecule has 0 saturated carbocycles. The number of benzene rings is 1. The van der Waals surface area contributed by atoms with Crippen molar-refractivity contribution in [3.05, 3.63) is 29.3 Å². The Hall–Kier alpha value is -1.44. The molecule has 1 amide bonds. The van der Waals surface area contributed by atoms with Gasteiger partial charge in [-0.2, -0.15) is 0 Å². The van der Waals surface area contributed by atoms with Crippen LogP contribution in [0.2, 0.25) is 0 Å². The molecule has 0 aliphatic carbocycles. The molecule has 100 valence electrons. The summed E-state index contributed by atoms with van der Waals surface area (Å²) in [5.74, 6) is 7.06. The summed E-state index contributed by atoms with van der Waals surface area (Å²) in [5, 5.41) is 3.08. The van der Waals surface area contributed by atoms with Gasteiger partial charge in [-0.15, -0.1) is 11.8 Å².